The summed E-state index contributed by atoms with van der Waals surface area (Å²) in [5.74, 6) is 0.465. The van der Waals surface area contributed by atoms with Gasteiger partial charge in [-0.2, -0.15) is 5.10 Å². The van der Waals surface area contributed by atoms with Gasteiger partial charge in [0.25, 0.3) is 5.91 Å². The molecule has 9 nitrogen and oxygen atoms in total. The van der Waals surface area contributed by atoms with Crippen molar-refractivity contribution in [3.8, 4) is 0 Å². The van der Waals surface area contributed by atoms with Crippen molar-refractivity contribution in [2.24, 2.45) is 0 Å². The number of amides is 1. The Bertz CT molecular complexity index is 1040. The van der Waals surface area contributed by atoms with Gasteiger partial charge in [-0.05, 0) is 43.5 Å². The summed E-state index contributed by atoms with van der Waals surface area (Å²) in [6.45, 7) is 3.95. The van der Waals surface area contributed by atoms with E-state index in [9.17, 15) is 4.79 Å². The zero-order chi connectivity index (χ0) is 20.3. The third-order valence-electron chi connectivity index (χ3n) is 5.59. The molecule has 0 saturated carbocycles. The first kappa shape index (κ1) is 18.6. The summed E-state index contributed by atoms with van der Waals surface area (Å²) in [5.41, 5.74) is 4.98. The minimum absolute atomic E-state index is 0.278. The number of benzene rings is 1. The average molecular weight is 404 g/mol. The van der Waals surface area contributed by atoms with Crippen LogP contribution in [0.2, 0.25) is 0 Å². The number of fused-ring (bicyclic) bond motifs is 1. The smallest absolute Gasteiger partial charge is 0.278 e. The van der Waals surface area contributed by atoms with E-state index >= 15 is 0 Å². The molecule has 0 spiro atoms. The minimum atomic E-state index is -0.278. The Hall–Kier alpha value is -3.46. The van der Waals surface area contributed by atoms with Gasteiger partial charge in [0, 0.05) is 55.0 Å². The minimum Gasteiger partial charge on any atom is -0.369 e. The third kappa shape index (κ3) is 3.71. The molecule has 1 aliphatic carbocycles. The number of hydrogen-bond donors (Lipinski definition) is 4. The van der Waals surface area contributed by atoms with E-state index in [-0.39, 0.29) is 5.91 Å². The maximum absolute atomic E-state index is 12.8. The molecule has 3 heterocycles. The van der Waals surface area contributed by atoms with Crippen LogP contribution >= 0.6 is 0 Å². The van der Waals surface area contributed by atoms with Crippen LogP contribution in [0.4, 0.5) is 22.9 Å². The Labute approximate surface area is 174 Å². The number of nitrogens with one attached hydrogen (secondary N) is 4. The van der Waals surface area contributed by atoms with E-state index < -0.39 is 0 Å². The van der Waals surface area contributed by atoms with Crippen LogP contribution in [-0.2, 0) is 12.8 Å². The van der Waals surface area contributed by atoms with Gasteiger partial charge in [0.05, 0.1) is 5.69 Å². The number of aromatic nitrogens is 4. The molecule has 1 aliphatic heterocycles. The molecular weight excluding hydrogens is 380 g/mol. The number of H-pyrrole nitrogens is 1. The molecule has 154 valence electrons. The van der Waals surface area contributed by atoms with Crippen LogP contribution in [-0.4, -0.2) is 52.3 Å². The summed E-state index contributed by atoms with van der Waals surface area (Å²) in [4.78, 5) is 23.9. The fraction of sp³-hybridized carbons (Fsp3) is 0.333. The maximum atomic E-state index is 12.8. The Morgan fingerprint density at radius 1 is 1.07 bits per heavy atom. The second kappa shape index (κ2) is 8.11. The van der Waals surface area contributed by atoms with Gasteiger partial charge in [-0.25, -0.2) is 9.97 Å². The molecule has 0 radical (unpaired) electrons. The predicted octanol–water partition coefficient (Wildman–Crippen LogP) is 2.09. The molecule has 2 aliphatic rings. The quantitative estimate of drug-likeness (QED) is 0.515. The number of carbonyl (C=O) groups excluding carboxylic acids is 1. The zero-order valence-electron chi connectivity index (χ0n) is 16.6. The summed E-state index contributed by atoms with van der Waals surface area (Å²) in [6.07, 6.45) is 6.22. The highest BCUT2D eigenvalue weighted by Gasteiger charge is 2.20. The predicted molar refractivity (Wildman–Crippen MR) is 115 cm³/mol. The van der Waals surface area contributed by atoms with Gasteiger partial charge >= 0.3 is 0 Å². The fourth-order valence-corrected chi connectivity index (χ4v) is 4.02. The molecule has 0 bridgehead atoms. The maximum Gasteiger partial charge on any atom is 0.278 e. The van der Waals surface area contributed by atoms with E-state index in [1.54, 1.807) is 12.5 Å². The number of anilines is 4. The molecule has 1 amide bonds. The van der Waals surface area contributed by atoms with Gasteiger partial charge in [0.2, 0.25) is 0 Å². The summed E-state index contributed by atoms with van der Waals surface area (Å²) in [5, 5.41) is 16.4. The summed E-state index contributed by atoms with van der Waals surface area (Å²) < 4.78 is 0. The molecule has 4 N–H and O–H groups in total. The van der Waals surface area contributed by atoms with E-state index in [4.69, 9.17) is 0 Å². The van der Waals surface area contributed by atoms with Crippen molar-refractivity contribution in [3.63, 3.8) is 0 Å². The molecular formula is C21H24N8O. The lowest BCUT2D eigenvalue weighted by molar-refractivity contribution is 0.102. The van der Waals surface area contributed by atoms with Crippen LogP contribution in [0.25, 0.3) is 0 Å². The van der Waals surface area contributed by atoms with Gasteiger partial charge < -0.3 is 20.9 Å². The second-order valence-corrected chi connectivity index (χ2v) is 7.51. The van der Waals surface area contributed by atoms with E-state index in [1.165, 1.54) is 0 Å². The van der Waals surface area contributed by atoms with Crippen LogP contribution in [0, 0.1) is 0 Å². The molecule has 1 saturated heterocycles. The lowest BCUT2D eigenvalue weighted by Gasteiger charge is -2.29. The lowest BCUT2D eigenvalue weighted by atomic mass is 10.2. The SMILES string of the molecule is O=C(Nc1ccc(N2CCNCC2)cc1)c1n[nH]cc1Nc1ncnc2c1CCC2. The van der Waals surface area contributed by atoms with E-state index in [2.05, 4.69) is 41.0 Å². The first-order valence-electron chi connectivity index (χ1n) is 10.3. The Balaban J connectivity index is 1.28. The number of aryl methyl sites for hydroxylation is 1. The van der Waals surface area contributed by atoms with Crippen LogP contribution in [0.1, 0.15) is 28.2 Å². The van der Waals surface area contributed by atoms with Crippen molar-refractivity contribution in [1.29, 1.82) is 0 Å². The number of hydrogen-bond acceptors (Lipinski definition) is 7. The average Bonchev–Trinajstić information content (AvgIpc) is 3.45. The van der Waals surface area contributed by atoms with Gasteiger partial charge in [-0.3, -0.25) is 9.89 Å². The van der Waals surface area contributed by atoms with Gasteiger partial charge in [-0.1, -0.05) is 0 Å². The molecule has 0 unspecified atom stereocenters. The zero-order valence-corrected chi connectivity index (χ0v) is 16.6. The van der Waals surface area contributed by atoms with Crippen LogP contribution in [0.5, 0.6) is 0 Å². The number of rotatable bonds is 5. The molecule has 1 aromatic carbocycles. The van der Waals surface area contributed by atoms with Crippen LogP contribution in [0.15, 0.2) is 36.8 Å². The van der Waals surface area contributed by atoms with Crippen molar-refractivity contribution in [3.05, 3.63) is 53.7 Å². The topological polar surface area (TPSA) is 111 Å². The summed E-state index contributed by atoms with van der Waals surface area (Å²) in [6, 6.07) is 7.92. The highest BCUT2D eigenvalue weighted by molar-refractivity contribution is 6.06. The fourth-order valence-electron chi connectivity index (χ4n) is 4.02. The summed E-state index contributed by atoms with van der Waals surface area (Å²) >= 11 is 0. The van der Waals surface area contributed by atoms with Gasteiger partial charge in [0.1, 0.15) is 12.1 Å². The normalized spacial score (nSPS) is 15.7. The molecule has 3 aromatic rings. The van der Waals surface area contributed by atoms with Gasteiger partial charge in [-0.15, -0.1) is 0 Å². The van der Waals surface area contributed by atoms with Crippen molar-refractivity contribution in [1.82, 2.24) is 25.5 Å². The standard InChI is InChI=1S/C21H24N8O/c30-21(26-14-4-6-15(7-5-14)29-10-8-22-9-11-29)19-18(12-25-28-19)27-20-16-2-1-3-17(16)23-13-24-20/h4-7,12-13,22H,1-3,8-11H2,(H,25,28)(H,26,30)(H,23,24,27). The molecule has 0 atom stereocenters. The molecule has 9 heteroatoms. The first-order chi connectivity index (χ1) is 14.8. The first-order valence-corrected chi connectivity index (χ1v) is 10.3. The van der Waals surface area contributed by atoms with Crippen LogP contribution in [0.3, 0.4) is 0 Å². The van der Waals surface area contributed by atoms with Crippen molar-refractivity contribution in [2.75, 3.05) is 41.7 Å². The number of carbonyl (C=O) groups is 1. The van der Waals surface area contributed by atoms with E-state index in [1.807, 2.05) is 24.3 Å². The highest BCUT2D eigenvalue weighted by Crippen LogP contribution is 2.28. The molecule has 30 heavy (non-hydrogen) atoms. The second-order valence-electron chi connectivity index (χ2n) is 7.51. The Morgan fingerprint density at radius 3 is 2.73 bits per heavy atom. The van der Waals surface area contributed by atoms with Crippen molar-refractivity contribution in [2.45, 2.75) is 19.3 Å². The molecule has 5 rings (SSSR count). The monoisotopic (exact) mass is 404 g/mol. The van der Waals surface area contributed by atoms with Crippen molar-refractivity contribution < 1.29 is 4.79 Å². The number of piperazine rings is 1. The van der Waals surface area contributed by atoms with Crippen LogP contribution < -0.4 is 20.9 Å². The van der Waals surface area contributed by atoms with E-state index in [0.717, 1.165) is 73.9 Å². The Morgan fingerprint density at radius 2 is 1.90 bits per heavy atom. The van der Waals surface area contributed by atoms with E-state index in [0.29, 0.717) is 11.4 Å². The van der Waals surface area contributed by atoms with Crippen molar-refractivity contribution >= 4 is 28.8 Å². The number of nitrogens with zero attached hydrogens (tertiary/aromatic N) is 4. The summed E-state index contributed by atoms with van der Waals surface area (Å²) in [7, 11) is 0. The lowest BCUT2D eigenvalue weighted by Crippen LogP contribution is -2.43. The molecule has 1 fully saturated rings. The van der Waals surface area contributed by atoms with Gasteiger partial charge in [0.15, 0.2) is 5.69 Å². The largest absolute Gasteiger partial charge is 0.369 e. The third-order valence-corrected chi connectivity index (χ3v) is 5.59. The number of aromatic amines is 1. The molecule has 2 aromatic heterocycles. The highest BCUT2D eigenvalue weighted by atomic mass is 16.2. The Kier molecular flexibility index (Phi) is 5.02.